The van der Waals surface area contributed by atoms with E-state index in [1.165, 1.54) is 6.08 Å². The van der Waals surface area contributed by atoms with Crippen molar-refractivity contribution in [2.75, 3.05) is 0 Å². The molecule has 0 saturated heterocycles. The zero-order chi connectivity index (χ0) is 15.8. The van der Waals surface area contributed by atoms with Gasteiger partial charge in [-0.3, -0.25) is 0 Å². The van der Waals surface area contributed by atoms with Gasteiger partial charge in [0.2, 0.25) is 0 Å². The molecule has 0 saturated carbocycles. The van der Waals surface area contributed by atoms with Gasteiger partial charge in [-0.1, -0.05) is 6.07 Å². The predicted molar refractivity (Wildman–Crippen MR) is 81.0 cm³/mol. The molecule has 1 N–H and O–H groups in total. The number of aryl methyl sites for hydroxylation is 1. The fourth-order valence-electron chi connectivity index (χ4n) is 1.59. The second-order valence-corrected chi connectivity index (χ2v) is 4.31. The second kappa shape index (κ2) is 9.62. The number of rotatable bonds is 3. The van der Waals surface area contributed by atoms with Gasteiger partial charge in [0.1, 0.15) is 5.75 Å². The van der Waals surface area contributed by atoms with Gasteiger partial charge in [0.05, 0.1) is 0 Å². The van der Waals surface area contributed by atoms with Gasteiger partial charge in [-0.25, -0.2) is 0 Å². The zero-order valence-corrected chi connectivity index (χ0v) is 13.3. The van der Waals surface area contributed by atoms with E-state index in [0.29, 0.717) is 5.56 Å². The fourth-order valence-corrected chi connectivity index (χ4v) is 1.59. The van der Waals surface area contributed by atoms with Gasteiger partial charge in [0.15, 0.2) is 0 Å². The van der Waals surface area contributed by atoms with Crippen molar-refractivity contribution in [3.8, 4) is 5.75 Å². The van der Waals surface area contributed by atoms with Crippen LogP contribution in [-0.4, -0.2) is 10.9 Å². The second-order valence-electron chi connectivity index (χ2n) is 4.31. The van der Waals surface area contributed by atoms with Crippen molar-refractivity contribution in [2.45, 2.75) is 6.92 Å². The van der Waals surface area contributed by atoms with Crippen LogP contribution in [0.1, 0.15) is 21.5 Å². The van der Waals surface area contributed by atoms with Crippen molar-refractivity contribution in [1.29, 1.82) is 0 Å². The molecule has 0 fully saturated rings. The van der Waals surface area contributed by atoms with Crippen LogP contribution in [0.5, 0.6) is 5.75 Å². The van der Waals surface area contributed by atoms with Crippen LogP contribution < -0.4 is 0 Å². The molecule has 0 aliphatic carbocycles. The van der Waals surface area contributed by atoms with E-state index < -0.39 is 0 Å². The smallest absolute Gasteiger partial charge is 0.124 e. The maximum atomic E-state index is 11.8. The van der Waals surface area contributed by atoms with Crippen LogP contribution >= 0.6 is 0 Å². The van der Waals surface area contributed by atoms with Crippen LogP contribution in [0, 0.1) is 55.5 Å². The first kappa shape index (κ1) is 18.7. The Morgan fingerprint density at radius 1 is 1.17 bits per heavy atom. The Bertz CT molecular complexity index is 706. The van der Waals surface area contributed by atoms with E-state index in [2.05, 4.69) is 48.5 Å². The number of ketones is 1. The molecule has 0 atom stereocenters. The van der Waals surface area contributed by atoms with Crippen molar-refractivity contribution in [1.82, 2.24) is 0 Å². The number of hydrogen-bond donors (Lipinski definition) is 1. The summed E-state index contributed by atoms with van der Waals surface area (Å²) in [4.78, 5) is 11.8. The summed E-state index contributed by atoms with van der Waals surface area (Å²) in [5, 5.41) is 9.64. The summed E-state index contributed by atoms with van der Waals surface area (Å²) in [6.07, 6.45) is 2.93. The minimum atomic E-state index is -0.259. The zero-order valence-electron chi connectivity index (χ0n) is 12.2. The Balaban J connectivity index is 0.000000377. The summed E-state index contributed by atoms with van der Waals surface area (Å²) in [6.45, 7) is 1.85. The van der Waals surface area contributed by atoms with Gasteiger partial charge < -0.3 is 82.2 Å². The summed E-state index contributed by atoms with van der Waals surface area (Å²) >= 11 is 0. The Morgan fingerprint density at radius 3 is 2.35 bits per heavy atom. The Labute approximate surface area is 147 Å². The third-order valence-corrected chi connectivity index (χ3v) is 2.63. The molecule has 0 aliphatic heterocycles. The molecular weight excluding hydrogens is 328 g/mol. The van der Waals surface area contributed by atoms with Crippen molar-refractivity contribution in [3.05, 3.63) is 95.6 Å². The number of allylic oxidation sites excluding steroid dienone is 1. The van der Waals surface area contributed by atoms with E-state index in [1.807, 2.05) is 6.92 Å². The van der Waals surface area contributed by atoms with Crippen LogP contribution in [0.4, 0.5) is 0 Å². The van der Waals surface area contributed by atoms with Gasteiger partial charge >= 0.3 is 0 Å². The molecule has 0 amide bonds. The third kappa shape index (κ3) is 6.11. The van der Waals surface area contributed by atoms with E-state index in [4.69, 9.17) is 0 Å². The van der Waals surface area contributed by atoms with Crippen molar-refractivity contribution in [2.24, 2.45) is 0 Å². The molecule has 0 unspecified atom stereocenters. The average Bonchev–Trinajstić information content (AvgIpc) is 3.21. The summed E-state index contributed by atoms with van der Waals surface area (Å²) < 4.78 is 0. The predicted octanol–water partition coefficient (Wildman–Crippen LogP) is 3.12. The van der Waals surface area contributed by atoms with E-state index in [-0.39, 0.29) is 34.2 Å². The Morgan fingerprint density at radius 2 is 1.83 bits per heavy atom. The number of carbonyl (C=O) groups is 1. The van der Waals surface area contributed by atoms with Crippen LogP contribution in [0.3, 0.4) is 0 Å². The number of phenolic OH excluding ortho intramolecular Hbond substituents is 1. The minimum Gasteiger partial charge on any atom is -0.999 e. The Kier molecular flexibility index (Phi) is 7.82. The number of aromatic hydroxyl groups is 1. The number of benzene rings is 1. The molecule has 2 nitrogen and oxygen atoms in total. The normalized spacial score (nSPS) is 9.78. The summed E-state index contributed by atoms with van der Waals surface area (Å²) in [7, 11) is 0. The van der Waals surface area contributed by atoms with E-state index in [1.54, 1.807) is 30.3 Å². The van der Waals surface area contributed by atoms with E-state index >= 15 is 0 Å². The van der Waals surface area contributed by atoms with Crippen LogP contribution in [0.2, 0.25) is 0 Å². The molecule has 120 valence electrons. The maximum absolute atomic E-state index is 11.8. The first-order valence-corrected chi connectivity index (χ1v) is 6.40. The minimum absolute atomic E-state index is 0. The molecule has 3 rings (SSSR count). The summed E-state index contributed by atoms with van der Waals surface area (Å²) in [6, 6.07) is 27.6. The SMILES string of the molecule is Cc1ccc(C(=O)/C=C/[c-]2[c-][c-][c-][c-]2)c(O)c1.[Fe].[c-]1[c-][c-][cH-][c-]1. The molecule has 0 radical (unpaired) electrons. The van der Waals surface area contributed by atoms with Gasteiger partial charge in [0.25, 0.3) is 0 Å². The first-order valence-electron chi connectivity index (χ1n) is 6.40. The third-order valence-electron chi connectivity index (χ3n) is 2.63. The summed E-state index contributed by atoms with van der Waals surface area (Å²) in [5.41, 5.74) is 1.81. The van der Waals surface area contributed by atoms with Crippen molar-refractivity contribution < 1.29 is 27.0 Å². The molecule has 3 aromatic rings. The van der Waals surface area contributed by atoms with Crippen LogP contribution in [0.25, 0.3) is 6.08 Å². The standard InChI is InChI=1S/C15H9O2.C5H.Fe/c1-11-6-8-13(15(17)10-11)14(16)9-7-12-4-2-3-5-12;1-2-4-5-3-1;/h6-10,17H,1H3;1H;/q2*-5;/b9-7+;;. The first-order chi connectivity index (χ1) is 10.7. The molecular formula is C20H10FeO2-10. The Hall–Kier alpha value is -2.35. The van der Waals surface area contributed by atoms with Gasteiger partial charge in [0, 0.05) is 28.4 Å². The molecule has 3 aromatic carbocycles. The monoisotopic (exact) mass is 338 g/mol. The average molecular weight is 338 g/mol. The molecule has 3 heteroatoms. The van der Waals surface area contributed by atoms with Gasteiger partial charge in [-0.2, -0.15) is 0 Å². The van der Waals surface area contributed by atoms with Gasteiger partial charge in [-0.05, 0) is 24.6 Å². The van der Waals surface area contributed by atoms with Crippen LogP contribution in [0.15, 0.2) is 30.3 Å². The van der Waals surface area contributed by atoms with Crippen molar-refractivity contribution in [3.63, 3.8) is 0 Å². The molecule has 0 aromatic heterocycles. The van der Waals surface area contributed by atoms with E-state index in [0.717, 1.165) is 5.56 Å². The molecule has 23 heavy (non-hydrogen) atoms. The molecule has 0 heterocycles. The fraction of sp³-hybridized carbons (Fsp3) is 0.0500. The number of carbonyl (C=O) groups excluding carboxylic acids is 1. The van der Waals surface area contributed by atoms with Crippen LogP contribution in [-0.2, 0) is 17.1 Å². The largest absolute Gasteiger partial charge is 0.999 e. The van der Waals surface area contributed by atoms with E-state index in [9.17, 15) is 9.90 Å². The molecule has 0 bridgehead atoms. The quantitative estimate of drug-likeness (QED) is 0.345. The number of hydrogen-bond acceptors (Lipinski definition) is 2. The molecule has 0 spiro atoms. The maximum Gasteiger partial charge on any atom is 0.124 e. The summed E-state index contributed by atoms with van der Waals surface area (Å²) in [5.74, 6) is -0.265. The molecule has 0 aliphatic rings. The number of phenols is 1. The topological polar surface area (TPSA) is 37.3 Å². The van der Waals surface area contributed by atoms with Gasteiger partial charge in [-0.15, -0.1) is 0 Å². The van der Waals surface area contributed by atoms with Crippen molar-refractivity contribution >= 4 is 11.9 Å².